The third-order valence-electron chi connectivity index (χ3n) is 2.88. The standard InChI is InChI=1S/C12H11N5O3/c18-6-5-16-4-3-9(14-16)8-1-2-10-11(12(19)20)13-15-17(10)7-8/h1-4,7,18H,5-6H2,(H,19,20). The molecular formula is C12H11N5O3. The van der Waals surface area contributed by atoms with Crippen LogP contribution in [0.2, 0.25) is 0 Å². The molecule has 3 heterocycles. The number of fused-ring (bicyclic) bond motifs is 1. The number of carboxylic acid groups (broad SMARTS) is 1. The first-order chi connectivity index (χ1) is 9.69. The van der Waals surface area contributed by atoms with Gasteiger partial charge in [0, 0.05) is 18.0 Å². The molecule has 0 saturated carbocycles. The zero-order valence-electron chi connectivity index (χ0n) is 10.3. The normalized spacial score (nSPS) is 11.1. The molecule has 20 heavy (non-hydrogen) atoms. The first-order valence-electron chi connectivity index (χ1n) is 5.92. The van der Waals surface area contributed by atoms with E-state index in [0.717, 1.165) is 5.56 Å². The zero-order chi connectivity index (χ0) is 14.1. The van der Waals surface area contributed by atoms with E-state index in [0.29, 0.717) is 17.8 Å². The van der Waals surface area contributed by atoms with Crippen LogP contribution in [-0.4, -0.2) is 47.4 Å². The summed E-state index contributed by atoms with van der Waals surface area (Å²) < 4.78 is 3.04. The third-order valence-corrected chi connectivity index (χ3v) is 2.88. The van der Waals surface area contributed by atoms with Crippen LogP contribution in [0.4, 0.5) is 0 Å². The van der Waals surface area contributed by atoms with Gasteiger partial charge in [-0.05, 0) is 18.2 Å². The zero-order valence-corrected chi connectivity index (χ0v) is 10.3. The number of hydrogen-bond acceptors (Lipinski definition) is 5. The van der Waals surface area contributed by atoms with Gasteiger partial charge in [0.2, 0.25) is 0 Å². The first kappa shape index (κ1) is 12.3. The largest absolute Gasteiger partial charge is 0.476 e. The molecule has 0 radical (unpaired) electrons. The molecular weight excluding hydrogens is 262 g/mol. The van der Waals surface area contributed by atoms with Gasteiger partial charge in [-0.15, -0.1) is 5.10 Å². The van der Waals surface area contributed by atoms with Crippen molar-refractivity contribution in [3.8, 4) is 11.3 Å². The summed E-state index contributed by atoms with van der Waals surface area (Å²) in [4.78, 5) is 11.0. The van der Waals surface area contributed by atoms with Crippen LogP contribution in [0, 0.1) is 0 Å². The summed E-state index contributed by atoms with van der Waals surface area (Å²) in [6, 6.07) is 5.21. The molecule has 0 spiro atoms. The van der Waals surface area contributed by atoms with Gasteiger partial charge in [-0.2, -0.15) is 5.10 Å². The Bertz CT molecular complexity index is 776. The Hall–Kier alpha value is -2.74. The lowest BCUT2D eigenvalue weighted by molar-refractivity contribution is 0.0692. The van der Waals surface area contributed by atoms with Gasteiger partial charge in [-0.3, -0.25) is 4.68 Å². The molecule has 0 unspecified atom stereocenters. The van der Waals surface area contributed by atoms with Crippen LogP contribution >= 0.6 is 0 Å². The Balaban J connectivity index is 2.02. The fourth-order valence-electron chi connectivity index (χ4n) is 1.94. The average molecular weight is 273 g/mol. The lowest BCUT2D eigenvalue weighted by atomic mass is 10.2. The van der Waals surface area contributed by atoms with E-state index < -0.39 is 5.97 Å². The molecule has 3 aromatic rings. The Labute approximate surface area is 112 Å². The predicted molar refractivity (Wildman–Crippen MR) is 68.3 cm³/mol. The monoisotopic (exact) mass is 273 g/mol. The van der Waals surface area contributed by atoms with Crippen LogP contribution < -0.4 is 0 Å². The van der Waals surface area contributed by atoms with Gasteiger partial charge in [0.15, 0.2) is 5.69 Å². The summed E-state index contributed by atoms with van der Waals surface area (Å²) in [7, 11) is 0. The molecule has 0 fully saturated rings. The summed E-state index contributed by atoms with van der Waals surface area (Å²) >= 11 is 0. The number of aromatic carboxylic acids is 1. The maximum Gasteiger partial charge on any atom is 0.358 e. The van der Waals surface area contributed by atoms with Crippen molar-refractivity contribution in [2.45, 2.75) is 6.54 Å². The van der Waals surface area contributed by atoms with Crippen LogP contribution in [0.1, 0.15) is 10.5 Å². The van der Waals surface area contributed by atoms with Crippen molar-refractivity contribution in [2.75, 3.05) is 6.61 Å². The number of nitrogens with zero attached hydrogens (tertiary/aromatic N) is 5. The Morgan fingerprint density at radius 2 is 2.15 bits per heavy atom. The van der Waals surface area contributed by atoms with Gasteiger partial charge >= 0.3 is 5.97 Å². The van der Waals surface area contributed by atoms with Crippen molar-refractivity contribution in [3.05, 3.63) is 36.3 Å². The van der Waals surface area contributed by atoms with Gasteiger partial charge in [-0.25, -0.2) is 9.31 Å². The summed E-state index contributed by atoms with van der Waals surface area (Å²) in [6.45, 7) is 0.444. The minimum absolute atomic E-state index is 0.0191. The molecule has 0 amide bonds. The number of rotatable bonds is 4. The lowest BCUT2D eigenvalue weighted by Gasteiger charge is -1.99. The number of aromatic nitrogens is 5. The van der Waals surface area contributed by atoms with Gasteiger partial charge in [0.05, 0.1) is 18.8 Å². The van der Waals surface area contributed by atoms with E-state index in [-0.39, 0.29) is 12.3 Å². The fraction of sp³-hybridized carbons (Fsp3) is 0.167. The molecule has 8 heteroatoms. The molecule has 8 nitrogen and oxygen atoms in total. The second-order valence-corrected chi connectivity index (χ2v) is 4.18. The van der Waals surface area contributed by atoms with Crippen LogP contribution in [0.15, 0.2) is 30.6 Å². The van der Waals surface area contributed by atoms with E-state index in [4.69, 9.17) is 10.2 Å². The Morgan fingerprint density at radius 1 is 1.30 bits per heavy atom. The highest BCUT2D eigenvalue weighted by Gasteiger charge is 2.14. The minimum atomic E-state index is -1.11. The second kappa shape index (κ2) is 4.74. The smallest absolute Gasteiger partial charge is 0.358 e. The van der Waals surface area contributed by atoms with E-state index in [9.17, 15) is 4.79 Å². The quantitative estimate of drug-likeness (QED) is 0.707. The number of pyridine rings is 1. The average Bonchev–Trinajstić information content (AvgIpc) is 3.04. The molecule has 3 aromatic heterocycles. The van der Waals surface area contributed by atoms with Crippen molar-refractivity contribution < 1.29 is 15.0 Å². The summed E-state index contributed by atoms with van der Waals surface area (Å²) in [5.74, 6) is -1.11. The highest BCUT2D eigenvalue weighted by molar-refractivity contribution is 5.93. The molecule has 102 valence electrons. The van der Waals surface area contributed by atoms with Crippen LogP contribution in [0.25, 0.3) is 16.8 Å². The van der Waals surface area contributed by atoms with Crippen molar-refractivity contribution >= 4 is 11.5 Å². The highest BCUT2D eigenvalue weighted by atomic mass is 16.4. The number of aliphatic hydroxyl groups is 1. The molecule has 3 rings (SSSR count). The fourth-order valence-corrected chi connectivity index (χ4v) is 1.94. The molecule has 0 aliphatic heterocycles. The summed E-state index contributed by atoms with van der Waals surface area (Å²) in [5.41, 5.74) is 1.85. The molecule has 0 aliphatic rings. The molecule has 2 N–H and O–H groups in total. The number of hydrogen-bond donors (Lipinski definition) is 2. The van der Waals surface area contributed by atoms with Crippen LogP contribution in [-0.2, 0) is 6.54 Å². The number of aliphatic hydroxyl groups excluding tert-OH is 1. The van der Waals surface area contributed by atoms with Gasteiger partial charge in [0.1, 0.15) is 5.52 Å². The molecule has 0 aliphatic carbocycles. The van der Waals surface area contributed by atoms with Gasteiger partial charge in [0.25, 0.3) is 0 Å². The third kappa shape index (κ3) is 2.01. The summed E-state index contributed by atoms with van der Waals surface area (Å²) in [6.07, 6.45) is 3.43. The Kier molecular flexibility index (Phi) is 2.92. The van der Waals surface area contributed by atoms with E-state index in [1.165, 1.54) is 4.52 Å². The number of carboxylic acids is 1. The maximum absolute atomic E-state index is 11.0. The van der Waals surface area contributed by atoms with Gasteiger partial charge in [-0.1, -0.05) is 5.21 Å². The van der Waals surface area contributed by atoms with E-state index in [1.54, 1.807) is 29.2 Å². The lowest BCUT2D eigenvalue weighted by Crippen LogP contribution is -2.02. The highest BCUT2D eigenvalue weighted by Crippen LogP contribution is 2.18. The van der Waals surface area contributed by atoms with Crippen molar-refractivity contribution in [2.24, 2.45) is 0 Å². The first-order valence-corrected chi connectivity index (χ1v) is 5.92. The van der Waals surface area contributed by atoms with E-state index >= 15 is 0 Å². The molecule has 0 bridgehead atoms. The van der Waals surface area contributed by atoms with Crippen LogP contribution in [0.5, 0.6) is 0 Å². The minimum Gasteiger partial charge on any atom is -0.476 e. The predicted octanol–water partition coefficient (Wildman–Crippen LogP) is 0.283. The maximum atomic E-state index is 11.0. The molecule has 0 atom stereocenters. The van der Waals surface area contributed by atoms with Crippen molar-refractivity contribution in [3.63, 3.8) is 0 Å². The topological polar surface area (TPSA) is 106 Å². The number of carbonyl (C=O) groups is 1. The second-order valence-electron chi connectivity index (χ2n) is 4.18. The van der Waals surface area contributed by atoms with Gasteiger partial charge < -0.3 is 10.2 Å². The van der Waals surface area contributed by atoms with E-state index in [2.05, 4.69) is 15.4 Å². The van der Waals surface area contributed by atoms with Crippen LogP contribution in [0.3, 0.4) is 0 Å². The summed E-state index contributed by atoms with van der Waals surface area (Å²) in [5, 5.41) is 29.5. The molecule has 0 saturated heterocycles. The van der Waals surface area contributed by atoms with Crippen molar-refractivity contribution in [1.29, 1.82) is 0 Å². The SMILES string of the molecule is O=C(O)c1nnn2cc(-c3ccn(CCO)n3)ccc12. The molecule has 0 aromatic carbocycles. The Morgan fingerprint density at radius 3 is 2.90 bits per heavy atom. The van der Waals surface area contributed by atoms with E-state index in [1.807, 2.05) is 6.07 Å². The van der Waals surface area contributed by atoms with Crippen molar-refractivity contribution in [1.82, 2.24) is 24.6 Å².